The minimum absolute atomic E-state index is 0.00555. The van der Waals surface area contributed by atoms with Gasteiger partial charge in [-0.15, -0.1) is 0 Å². The van der Waals surface area contributed by atoms with E-state index in [4.69, 9.17) is 42.6 Å². The molecular weight excluding hydrogens is 712 g/mol. The van der Waals surface area contributed by atoms with Crippen LogP contribution in [0.3, 0.4) is 0 Å². The van der Waals surface area contributed by atoms with Gasteiger partial charge in [-0.2, -0.15) is 0 Å². The fraction of sp³-hybridized carbons (Fsp3) is 1.00. The highest BCUT2D eigenvalue weighted by Gasteiger charge is 2.52. The van der Waals surface area contributed by atoms with Crippen LogP contribution in [0.1, 0.15) is 19.8 Å². The first-order valence-corrected chi connectivity index (χ1v) is 17.2. The summed E-state index contributed by atoms with van der Waals surface area (Å²) in [5.41, 5.74) is 0. The SMILES string of the molecule is CCCO[C@H]1O[C@H](COCCCO[C@H]2O[C@H](CO[C@H]3O[C@H](CO)[C@@H](O)[C@H](O)[C@@H]3O)[C@@H](O)[C@H](O[C@H]3O[C@H](CO)[C@@H](O)[C@H](O)[C@@H]3O)[C@@H]2O)[C@@H](O)[C@H](O)[C@@H]1O. The Labute approximate surface area is 298 Å². The molecule has 22 heteroatoms. The maximum Gasteiger partial charge on any atom is 0.187 e. The molecule has 0 aromatic heterocycles. The Balaban J connectivity index is 1.37. The van der Waals surface area contributed by atoms with Crippen LogP contribution in [0, 0.1) is 0 Å². The Kier molecular flexibility index (Phi) is 17.1. The lowest BCUT2D eigenvalue weighted by Crippen LogP contribution is -2.65. The lowest BCUT2D eigenvalue weighted by atomic mass is 9.96. The first kappa shape index (κ1) is 43.8. The Bertz CT molecular complexity index is 1030. The predicted octanol–water partition coefficient (Wildman–Crippen LogP) is -7.91. The predicted molar refractivity (Wildman–Crippen MR) is 163 cm³/mol. The first-order valence-electron chi connectivity index (χ1n) is 17.2. The van der Waals surface area contributed by atoms with Crippen LogP contribution >= 0.6 is 0 Å². The molecule has 0 aromatic rings. The number of aliphatic hydroxyl groups is 13. The quantitative estimate of drug-likeness (QED) is 0.0611. The Morgan fingerprint density at radius 1 is 0.423 bits per heavy atom. The van der Waals surface area contributed by atoms with Crippen molar-refractivity contribution in [2.75, 3.05) is 46.2 Å². The van der Waals surface area contributed by atoms with E-state index in [1.165, 1.54) is 0 Å². The first-order chi connectivity index (χ1) is 24.7. The molecule has 22 nitrogen and oxygen atoms in total. The Hall–Kier alpha value is -0.880. The topological polar surface area (TPSA) is 346 Å². The van der Waals surface area contributed by atoms with Gasteiger partial charge in [0.1, 0.15) is 97.7 Å². The second-order valence-corrected chi connectivity index (χ2v) is 13.0. The average Bonchev–Trinajstić information content (AvgIpc) is 3.13. The van der Waals surface area contributed by atoms with Crippen molar-refractivity contribution >= 4 is 0 Å². The van der Waals surface area contributed by atoms with Gasteiger partial charge in [0.05, 0.1) is 33.0 Å². The smallest absolute Gasteiger partial charge is 0.187 e. The summed E-state index contributed by atoms with van der Waals surface area (Å²) in [6, 6.07) is 0. The molecule has 0 radical (unpaired) electrons. The molecule has 4 heterocycles. The fourth-order valence-electron chi connectivity index (χ4n) is 6.05. The van der Waals surface area contributed by atoms with Crippen molar-refractivity contribution in [2.45, 2.75) is 143 Å². The van der Waals surface area contributed by atoms with Gasteiger partial charge in [-0.1, -0.05) is 6.92 Å². The summed E-state index contributed by atoms with van der Waals surface area (Å²) in [7, 11) is 0. The number of ether oxygens (including phenoxy) is 9. The van der Waals surface area contributed by atoms with Gasteiger partial charge in [0, 0.05) is 13.2 Å². The van der Waals surface area contributed by atoms with Gasteiger partial charge < -0.3 is 109 Å². The van der Waals surface area contributed by atoms with E-state index in [-0.39, 0.29) is 32.8 Å². The summed E-state index contributed by atoms with van der Waals surface area (Å²) in [6.07, 6.45) is -31.0. The number of hydrogen-bond donors (Lipinski definition) is 13. The van der Waals surface area contributed by atoms with Gasteiger partial charge in [-0.3, -0.25) is 0 Å². The normalized spacial score (nSPS) is 47.4. The number of hydrogen-bond acceptors (Lipinski definition) is 22. The zero-order valence-corrected chi connectivity index (χ0v) is 28.4. The van der Waals surface area contributed by atoms with Gasteiger partial charge in [0.2, 0.25) is 0 Å². The van der Waals surface area contributed by atoms with Crippen LogP contribution < -0.4 is 0 Å². The molecule has 13 N–H and O–H groups in total. The van der Waals surface area contributed by atoms with E-state index in [0.717, 1.165) is 0 Å². The minimum atomic E-state index is -1.90. The Morgan fingerprint density at radius 3 is 1.42 bits per heavy atom. The van der Waals surface area contributed by atoms with Gasteiger partial charge in [0.15, 0.2) is 25.2 Å². The van der Waals surface area contributed by atoms with E-state index < -0.39 is 143 Å². The summed E-state index contributed by atoms with van der Waals surface area (Å²) >= 11 is 0. The van der Waals surface area contributed by atoms with Crippen molar-refractivity contribution in [1.82, 2.24) is 0 Å². The average molecular weight is 767 g/mol. The molecule has 20 atom stereocenters. The van der Waals surface area contributed by atoms with Crippen LogP contribution in [0.25, 0.3) is 0 Å². The van der Waals surface area contributed by atoms with Gasteiger partial charge in [-0.05, 0) is 12.8 Å². The molecule has 4 rings (SSSR count). The van der Waals surface area contributed by atoms with E-state index >= 15 is 0 Å². The minimum Gasteiger partial charge on any atom is -0.394 e. The second-order valence-electron chi connectivity index (χ2n) is 13.0. The third-order valence-electron chi connectivity index (χ3n) is 9.21. The lowest BCUT2D eigenvalue weighted by molar-refractivity contribution is -0.366. The van der Waals surface area contributed by atoms with Crippen LogP contribution in [0.15, 0.2) is 0 Å². The standard InChI is InChI=1S/C30H54O22/c1-2-4-45-27-22(40)21(39)17(35)13(50-27)9-44-5-3-6-46-29-25(43)26(52-30-24(42)20(38)16(34)12(8-32)49-30)18(36)14(51-29)10-47-28-23(41)19(37)15(33)11(7-31)48-28/h11-43H,2-10H2,1H3/t11-,12-,13-,14-,15-,16-,17-,18-,19+,20+,21+,22+,23+,24+,25+,26+,27+,28+,29+,30-/m1/s1. The molecule has 52 heavy (non-hydrogen) atoms. The molecule has 0 bridgehead atoms. The zero-order chi connectivity index (χ0) is 38.3. The molecule has 0 aromatic carbocycles. The summed E-state index contributed by atoms with van der Waals surface area (Å²) in [4.78, 5) is 0. The highest BCUT2D eigenvalue weighted by Crippen LogP contribution is 2.31. The van der Waals surface area contributed by atoms with Crippen LogP contribution in [-0.4, -0.2) is 235 Å². The molecule has 4 fully saturated rings. The van der Waals surface area contributed by atoms with Gasteiger partial charge >= 0.3 is 0 Å². The molecule has 0 unspecified atom stereocenters. The summed E-state index contributed by atoms with van der Waals surface area (Å²) in [5.74, 6) is 0. The third-order valence-corrected chi connectivity index (χ3v) is 9.21. The number of aliphatic hydroxyl groups excluding tert-OH is 13. The van der Waals surface area contributed by atoms with Crippen LogP contribution in [0.4, 0.5) is 0 Å². The second kappa shape index (κ2) is 20.3. The lowest BCUT2D eigenvalue weighted by Gasteiger charge is -2.46. The molecule has 0 amide bonds. The van der Waals surface area contributed by atoms with Crippen molar-refractivity contribution in [2.24, 2.45) is 0 Å². The van der Waals surface area contributed by atoms with Crippen LogP contribution in [0.2, 0.25) is 0 Å². The molecule has 0 spiro atoms. The van der Waals surface area contributed by atoms with Crippen molar-refractivity contribution in [3.05, 3.63) is 0 Å². The highest BCUT2D eigenvalue weighted by molar-refractivity contribution is 4.95. The maximum absolute atomic E-state index is 11.2. The summed E-state index contributed by atoms with van der Waals surface area (Å²) in [6.45, 7) is -0.394. The van der Waals surface area contributed by atoms with Crippen LogP contribution in [0.5, 0.6) is 0 Å². The molecule has 4 saturated heterocycles. The van der Waals surface area contributed by atoms with E-state index in [9.17, 15) is 66.4 Å². The summed E-state index contributed by atoms with van der Waals surface area (Å²) in [5, 5.41) is 133. The van der Waals surface area contributed by atoms with Crippen molar-refractivity contribution in [3.63, 3.8) is 0 Å². The zero-order valence-electron chi connectivity index (χ0n) is 28.4. The maximum atomic E-state index is 11.2. The van der Waals surface area contributed by atoms with Gasteiger partial charge in [0.25, 0.3) is 0 Å². The molecule has 0 saturated carbocycles. The molecular formula is C30H54O22. The Morgan fingerprint density at radius 2 is 0.865 bits per heavy atom. The largest absolute Gasteiger partial charge is 0.394 e. The molecule has 4 aliphatic heterocycles. The highest BCUT2D eigenvalue weighted by atomic mass is 16.8. The van der Waals surface area contributed by atoms with E-state index in [1.54, 1.807) is 0 Å². The monoisotopic (exact) mass is 766 g/mol. The van der Waals surface area contributed by atoms with Crippen molar-refractivity contribution in [1.29, 1.82) is 0 Å². The van der Waals surface area contributed by atoms with E-state index in [2.05, 4.69) is 0 Å². The van der Waals surface area contributed by atoms with E-state index in [0.29, 0.717) is 6.42 Å². The van der Waals surface area contributed by atoms with Crippen molar-refractivity contribution < 1.29 is 109 Å². The van der Waals surface area contributed by atoms with E-state index in [1.807, 2.05) is 6.92 Å². The van der Waals surface area contributed by atoms with Crippen molar-refractivity contribution in [3.8, 4) is 0 Å². The fourth-order valence-corrected chi connectivity index (χ4v) is 6.05. The summed E-state index contributed by atoms with van der Waals surface area (Å²) < 4.78 is 49.8. The molecule has 4 aliphatic rings. The third kappa shape index (κ3) is 10.3. The van der Waals surface area contributed by atoms with Gasteiger partial charge in [-0.25, -0.2) is 0 Å². The molecule has 306 valence electrons. The van der Waals surface area contributed by atoms with Crippen LogP contribution in [-0.2, 0) is 42.6 Å². The molecule has 0 aliphatic carbocycles. The number of rotatable bonds is 17.